The molecule has 0 saturated heterocycles. The van der Waals surface area contributed by atoms with Crippen LogP contribution in [-0.4, -0.2) is 5.84 Å². The number of amidine groups is 1. The highest BCUT2D eigenvalue weighted by atomic mass is 14.8. The minimum atomic E-state index is 0.522. The highest BCUT2D eigenvalue weighted by molar-refractivity contribution is 5.91. The first-order valence-corrected chi connectivity index (χ1v) is 4.83. The van der Waals surface area contributed by atoms with E-state index in [9.17, 15) is 0 Å². The molecule has 13 heavy (non-hydrogen) atoms. The smallest absolute Gasteiger partial charge is 0.122 e. The second kappa shape index (κ2) is 7.59. The molecule has 0 aromatic carbocycles. The van der Waals surface area contributed by atoms with E-state index in [1.54, 1.807) is 6.20 Å². The monoisotopic (exact) mass is 180 g/mol. The van der Waals surface area contributed by atoms with Gasteiger partial charge in [0.05, 0.1) is 0 Å². The first kappa shape index (κ1) is 11.9. The van der Waals surface area contributed by atoms with E-state index < -0.39 is 0 Å². The zero-order valence-corrected chi connectivity index (χ0v) is 8.83. The third-order valence-corrected chi connectivity index (χ3v) is 1.44. The third-order valence-electron chi connectivity index (χ3n) is 1.44. The van der Waals surface area contributed by atoms with Gasteiger partial charge in [0, 0.05) is 6.20 Å². The van der Waals surface area contributed by atoms with Crippen LogP contribution in [0.3, 0.4) is 0 Å². The number of nitrogens with zero attached hydrogens (tertiary/aromatic N) is 1. The van der Waals surface area contributed by atoms with Gasteiger partial charge in [0.1, 0.15) is 5.84 Å². The summed E-state index contributed by atoms with van der Waals surface area (Å²) < 4.78 is 0. The van der Waals surface area contributed by atoms with Crippen LogP contribution in [0.1, 0.15) is 33.6 Å². The van der Waals surface area contributed by atoms with E-state index in [2.05, 4.69) is 25.8 Å². The topological polar surface area (TPSA) is 38.4 Å². The van der Waals surface area contributed by atoms with Gasteiger partial charge in [-0.3, -0.25) is 0 Å². The van der Waals surface area contributed by atoms with Gasteiger partial charge in [-0.05, 0) is 18.4 Å². The van der Waals surface area contributed by atoms with Crippen LogP contribution in [0.25, 0.3) is 0 Å². The Labute approximate surface area is 81.2 Å². The minimum Gasteiger partial charge on any atom is -0.384 e. The average Bonchev–Trinajstić information content (AvgIpc) is 2.09. The first-order chi connectivity index (χ1) is 6.16. The lowest BCUT2D eigenvalue weighted by molar-refractivity contribution is 0.832. The maximum Gasteiger partial charge on any atom is 0.122 e. The van der Waals surface area contributed by atoms with Crippen molar-refractivity contribution < 1.29 is 0 Å². The minimum absolute atomic E-state index is 0.522. The van der Waals surface area contributed by atoms with Gasteiger partial charge in [-0.15, -0.1) is 0 Å². The molecule has 0 bridgehead atoms. The Morgan fingerprint density at radius 2 is 2.15 bits per heavy atom. The average molecular weight is 180 g/mol. The Morgan fingerprint density at radius 1 is 1.46 bits per heavy atom. The lowest BCUT2D eigenvalue weighted by Crippen LogP contribution is -2.06. The molecule has 0 unspecified atom stereocenters. The van der Waals surface area contributed by atoms with Crippen LogP contribution >= 0.6 is 0 Å². The van der Waals surface area contributed by atoms with Crippen LogP contribution in [0.4, 0.5) is 0 Å². The number of aliphatic imine (C=N–C) groups is 1. The third kappa shape index (κ3) is 8.86. The maximum atomic E-state index is 5.62. The van der Waals surface area contributed by atoms with E-state index in [1.807, 2.05) is 18.2 Å². The van der Waals surface area contributed by atoms with Crippen molar-refractivity contribution in [2.45, 2.75) is 33.6 Å². The summed E-state index contributed by atoms with van der Waals surface area (Å²) in [5.41, 5.74) is 5.62. The molecule has 0 heterocycles. The quantitative estimate of drug-likeness (QED) is 0.512. The van der Waals surface area contributed by atoms with Crippen molar-refractivity contribution in [3.8, 4) is 0 Å². The summed E-state index contributed by atoms with van der Waals surface area (Å²) in [6.07, 6.45) is 9.88. The van der Waals surface area contributed by atoms with E-state index in [0.29, 0.717) is 11.8 Å². The molecular weight excluding hydrogens is 160 g/mol. The fraction of sp³-hybridized carbons (Fsp3) is 0.545. The zero-order chi connectivity index (χ0) is 10.1. The van der Waals surface area contributed by atoms with E-state index in [1.165, 1.54) is 0 Å². The van der Waals surface area contributed by atoms with Crippen molar-refractivity contribution >= 4 is 5.84 Å². The first-order valence-electron chi connectivity index (χ1n) is 4.83. The summed E-state index contributed by atoms with van der Waals surface area (Å²) in [5.74, 6) is 1.09. The molecule has 0 amide bonds. The molecule has 0 atom stereocenters. The van der Waals surface area contributed by atoms with Gasteiger partial charge in [0.2, 0.25) is 0 Å². The normalized spacial score (nSPS) is 13.7. The summed E-state index contributed by atoms with van der Waals surface area (Å²) in [6, 6.07) is 0. The highest BCUT2D eigenvalue weighted by Gasteiger charge is 1.84. The molecule has 2 heteroatoms. The number of allylic oxidation sites excluding steroid dienone is 2. The molecule has 2 N–H and O–H groups in total. The Hall–Kier alpha value is -1.05. The number of nitrogens with two attached hydrogens (primary N) is 1. The van der Waals surface area contributed by atoms with Crippen molar-refractivity contribution in [2.24, 2.45) is 16.6 Å². The standard InChI is InChI=1S/C11H20N2/c1-4-5-6-9-13-11(12)8-7-10(2)3/h6-10H,4-5H2,1-3H3,(H2,12,13)/b8-7+,9-6-. The SMILES string of the molecule is CCC\C=C/N=C(N)\C=C\C(C)C. The predicted molar refractivity (Wildman–Crippen MR) is 59.6 cm³/mol. The molecule has 0 aromatic rings. The molecule has 74 valence electrons. The molecule has 0 aliphatic rings. The Morgan fingerprint density at radius 3 is 2.69 bits per heavy atom. The zero-order valence-electron chi connectivity index (χ0n) is 8.83. The fourth-order valence-corrected chi connectivity index (χ4v) is 0.714. The van der Waals surface area contributed by atoms with Crippen LogP contribution in [0.5, 0.6) is 0 Å². The summed E-state index contributed by atoms with van der Waals surface area (Å²) >= 11 is 0. The van der Waals surface area contributed by atoms with E-state index >= 15 is 0 Å². The molecule has 0 aliphatic carbocycles. The molecule has 0 fully saturated rings. The van der Waals surface area contributed by atoms with Crippen molar-refractivity contribution in [1.82, 2.24) is 0 Å². The molecule has 2 nitrogen and oxygen atoms in total. The van der Waals surface area contributed by atoms with Crippen LogP contribution in [0, 0.1) is 5.92 Å². The van der Waals surface area contributed by atoms with Crippen molar-refractivity contribution in [1.29, 1.82) is 0 Å². The lowest BCUT2D eigenvalue weighted by atomic mass is 10.2. The van der Waals surface area contributed by atoms with Crippen molar-refractivity contribution in [3.63, 3.8) is 0 Å². The number of unbranched alkanes of at least 4 members (excludes halogenated alkanes) is 1. The molecule has 0 radical (unpaired) electrons. The van der Waals surface area contributed by atoms with Gasteiger partial charge in [-0.25, -0.2) is 4.99 Å². The summed E-state index contributed by atoms with van der Waals surface area (Å²) in [7, 11) is 0. The molecule has 0 spiro atoms. The van der Waals surface area contributed by atoms with Crippen LogP contribution in [-0.2, 0) is 0 Å². The summed E-state index contributed by atoms with van der Waals surface area (Å²) in [5, 5.41) is 0. The van der Waals surface area contributed by atoms with Gasteiger partial charge in [0.15, 0.2) is 0 Å². The fourth-order valence-electron chi connectivity index (χ4n) is 0.714. The van der Waals surface area contributed by atoms with Crippen LogP contribution in [0.15, 0.2) is 29.4 Å². The van der Waals surface area contributed by atoms with Crippen LogP contribution < -0.4 is 5.73 Å². The summed E-state index contributed by atoms with van der Waals surface area (Å²) in [6.45, 7) is 6.35. The van der Waals surface area contributed by atoms with E-state index in [-0.39, 0.29) is 0 Å². The number of hydrogen-bond acceptors (Lipinski definition) is 1. The van der Waals surface area contributed by atoms with Crippen molar-refractivity contribution in [3.05, 3.63) is 24.4 Å². The van der Waals surface area contributed by atoms with Gasteiger partial charge in [-0.1, -0.05) is 39.3 Å². The van der Waals surface area contributed by atoms with Gasteiger partial charge in [-0.2, -0.15) is 0 Å². The highest BCUT2D eigenvalue weighted by Crippen LogP contribution is 1.93. The van der Waals surface area contributed by atoms with Crippen LogP contribution in [0.2, 0.25) is 0 Å². The van der Waals surface area contributed by atoms with E-state index in [0.717, 1.165) is 12.8 Å². The number of rotatable bonds is 5. The summed E-state index contributed by atoms with van der Waals surface area (Å²) in [4.78, 5) is 4.06. The maximum absolute atomic E-state index is 5.62. The molecule has 0 aliphatic heterocycles. The molecular formula is C11H20N2. The van der Waals surface area contributed by atoms with E-state index in [4.69, 9.17) is 5.73 Å². The predicted octanol–water partition coefficient (Wildman–Crippen LogP) is 2.87. The molecule has 0 rings (SSSR count). The Bertz CT molecular complexity index is 200. The second-order valence-electron chi connectivity index (χ2n) is 3.33. The molecule has 0 aromatic heterocycles. The lowest BCUT2D eigenvalue weighted by Gasteiger charge is -1.92. The second-order valence-corrected chi connectivity index (χ2v) is 3.33. The molecule has 0 saturated carbocycles. The van der Waals surface area contributed by atoms with Gasteiger partial charge in [0.25, 0.3) is 0 Å². The van der Waals surface area contributed by atoms with Crippen molar-refractivity contribution in [2.75, 3.05) is 0 Å². The Kier molecular flexibility index (Phi) is 6.98. The van der Waals surface area contributed by atoms with Gasteiger partial charge >= 0.3 is 0 Å². The number of hydrogen-bond donors (Lipinski definition) is 1. The van der Waals surface area contributed by atoms with Gasteiger partial charge < -0.3 is 5.73 Å². The largest absolute Gasteiger partial charge is 0.384 e. The Balaban J connectivity index is 3.88.